The van der Waals surface area contributed by atoms with E-state index in [0.717, 1.165) is 11.4 Å². The number of benzene rings is 2. The van der Waals surface area contributed by atoms with Crippen LogP contribution >= 0.6 is 0 Å². The van der Waals surface area contributed by atoms with E-state index >= 15 is 0 Å². The zero-order valence-electron chi connectivity index (χ0n) is 14.8. The molecule has 0 aliphatic carbocycles. The largest absolute Gasteiger partial charge is 0.326 e. The standard InChI is InChI=1S/C21H23N3O/c1-14-18(16-10-6-4-7-11-16)22-20(14)24-19(15(2)23(3)21(24)25)17-12-8-5-9-13-17/h4-15,18-19H,1-3H3/t14-,15-,18-,19-/m0/s1. The van der Waals surface area contributed by atoms with Gasteiger partial charge in [0.25, 0.3) is 0 Å². The summed E-state index contributed by atoms with van der Waals surface area (Å²) in [5, 5.41) is 0. The van der Waals surface area contributed by atoms with Gasteiger partial charge in [-0.3, -0.25) is 9.89 Å². The quantitative estimate of drug-likeness (QED) is 0.808. The highest BCUT2D eigenvalue weighted by molar-refractivity contribution is 6.03. The summed E-state index contributed by atoms with van der Waals surface area (Å²) in [5.41, 5.74) is 2.37. The molecule has 2 aliphatic rings. The van der Waals surface area contributed by atoms with Crippen LogP contribution in [0.2, 0.25) is 0 Å². The highest BCUT2D eigenvalue weighted by Gasteiger charge is 2.49. The number of carbonyl (C=O) groups is 1. The van der Waals surface area contributed by atoms with Gasteiger partial charge in [-0.05, 0) is 18.1 Å². The third-order valence-corrected chi connectivity index (χ3v) is 5.54. The normalized spacial score (nSPS) is 28.8. The number of carbonyl (C=O) groups excluding carboxylic acids is 1. The van der Waals surface area contributed by atoms with Crippen LogP contribution in [0.4, 0.5) is 4.79 Å². The van der Waals surface area contributed by atoms with Crippen molar-refractivity contribution in [3.63, 3.8) is 0 Å². The SMILES string of the molecule is C[C@@H]1C(N2C(=O)N(C)[C@@H](C)[C@H]2c2ccccc2)=N[C@@H]1c1ccccc1. The fourth-order valence-electron chi connectivity index (χ4n) is 3.93. The molecule has 4 atom stereocenters. The fraction of sp³-hybridized carbons (Fsp3) is 0.333. The number of rotatable bonds is 2. The molecule has 2 amide bonds. The summed E-state index contributed by atoms with van der Waals surface area (Å²) in [7, 11) is 1.88. The van der Waals surface area contributed by atoms with Crippen molar-refractivity contribution in [2.45, 2.75) is 32.0 Å². The molecule has 25 heavy (non-hydrogen) atoms. The van der Waals surface area contributed by atoms with E-state index in [1.807, 2.05) is 53.2 Å². The van der Waals surface area contributed by atoms with E-state index in [2.05, 4.69) is 38.1 Å². The number of amides is 2. The molecule has 0 radical (unpaired) electrons. The molecule has 0 spiro atoms. The number of likely N-dealkylation sites (N-methyl/N-ethyl adjacent to an activating group) is 1. The van der Waals surface area contributed by atoms with Crippen molar-refractivity contribution in [1.82, 2.24) is 9.80 Å². The maximum atomic E-state index is 12.9. The first-order valence-electron chi connectivity index (χ1n) is 8.83. The molecule has 128 valence electrons. The first kappa shape index (κ1) is 15.9. The summed E-state index contributed by atoms with van der Waals surface area (Å²) in [6, 6.07) is 20.9. The van der Waals surface area contributed by atoms with Crippen molar-refractivity contribution in [3.8, 4) is 0 Å². The van der Waals surface area contributed by atoms with Crippen LogP contribution in [0.5, 0.6) is 0 Å². The first-order valence-corrected chi connectivity index (χ1v) is 8.83. The average molecular weight is 333 g/mol. The molecule has 4 heteroatoms. The van der Waals surface area contributed by atoms with Crippen LogP contribution < -0.4 is 0 Å². The minimum atomic E-state index is 0.0108. The van der Waals surface area contributed by atoms with Gasteiger partial charge in [-0.1, -0.05) is 67.6 Å². The van der Waals surface area contributed by atoms with Gasteiger partial charge in [-0.25, -0.2) is 4.79 Å². The molecule has 2 aromatic carbocycles. The second-order valence-corrected chi connectivity index (χ2v) is 6.99. The van der Waals surface area contributed by atoms with E-state index in [9.17, 15) is 4.79 Å². The van der Waals surface area contributed by atoms with Crippen molar-refractivity contribution in [2.24, 2.45) is 10.9 Å². The zero-order chi connectivity index (χ0) is 17.6. The van der Waals surface area contributed by atoms with Crippen molar-refractivity contribution >= 4 is 11.9 Å². The molecule has 0 aromatic heterocycles. The summed E-state index contributed by atoms with van der Waals surface area (Å²) in [6.07, 6.45) is 0. The maximum Gasteiger partial charge on any atom is 0.326 e. The van der Waals surface area contributed by atoms with Crippen LogP contribution in [0.15, 0.2) is 65.7 Å². The number of nitrogens with zero attached hydrogens (tertiary/aromatic N) is 3. The van der Waals surface area contributed by atoms with Gasteiger partial charge in [0.05, 0.1) is 18.1 Å². The van der Waals surface area contributed by atoms with Crippen LogP contribution in [-0.4, -0.2) is 34.8 Å². The van der Waals surface area contributed by atoms with Crippen molar-refractivity contribution < 1.29 is 4.79 Å². The van der Waals surface area contributed by atoms with Gasteiger partial charge in [-0.15, -0.1) is 0 Å². The molecule has 4 nitrogen and oxygen atoms in total. The van der Waals surface area contributed by atoms with Gasteiger partial charge in [0.15, 0.2) is 0 Å². The minimum absolute atomic E-state index is 0.0108. The lowest BCUT2D eigenvalue weighted by Crippen LogP contribution is -2.46. The molecule has 1 fully saturated rings. The fourth-order valence-corrected chi connectivity index (χ4v) is 3.93. The van der Waals surface area contributed by atoms with Crippen LogP contribution in [0, 0.1) is 5.92 Å². The van der Waals surface area contributed by atoms with Gasteiger partial charge < -0.3 is 4.90 Å². The summed E-state index contributed by atoms with van der Waals surface area (Å²) >= 11 is 0. The number of hydrogen-bond donors (Lipinski definition) is 0. The van der Waals surface area contributed by atoms with Gasteiger partial charge in [0.2, 0.25) is 0 Å². The second-order valence-electron chi connectivity index (χ2n) is 6.99. The van der Waals surface area contributed by atoms with Crippen molar-refractivity contribution in [2.75, 3.05) is 7.05 Å². The zero-order valence-corrected chi connectivity index (χ0v) is 14.8. The Morgan fingerprint density at radius 1 is 0.880 bits per heavy atom. The molecule has 2 aliphatic heterocycles. The third-order valence-electron chi connectivity index (χ3n) is 5.54. The van der Waals surface area contributed by atoms with E-state index < -0.39 is 0 Å². The lowest BCUT2D eigenvalue weighted by molar-refractivity contribution is 0.205. The Labute approximate surface area is 148 Å². The van der Waals surface area contributed by atoms with Crippen LogP contribution in [0.3, 0.4) is 0 Å². The molecule has 2 aromatic rings. The second kappa shape index (κ2) is 6.03. The monoisotopic (exact) mass is 333 g/mol. The van der Waals surface area contributed by atoms with E-state index in [1.54, 1.807) is 0 Å². The van der Waals surface area contributed by atoms with Gasteiger partial charge in [0, 0.05) is 13.0 Å². The van der Waals surface area contributed by atoms with Crippen LogP contribution in [0.1, 0.15) is 37.1 Å². The van der Waals surface area contributed by atoms with E-state index in [4.69, 9.17) is 4.99 Å². The van der Waals surface area contributed by atoms with Crippen molar-refractivity contribution in [3.05, 3.63) is 71.8 Å². The van der Waals surface area contributed by atoms with Crippen LogP contribution in [0.25, 0.3) is 0 Å². The first-order chi connectivity index (χ1) is 12.1. The molecular weight excluding hydrogens is 310 g/mol. The third kappa shape index (κ3) is 2.44. The molecule has 0 unspecified atom stereocenters. The molecule has 1 saturated heterocycles. The van der Waals surface area contributed by atoms with Gasteiger partial charge >= 0.3 is 6.03 Å². The summed E-state index contributed by atoms with van der Waals surface area (Å²) in [4.78, 5) is 21.5. The lowest BCUT2D eigenvalue weighted by Gasteiger charge is -2.39. The van der Waals surface area contributed by atoms with Crippen molar-refractivity contribution in [1.29, 1.82) is 0 Å². The Hall–Kier alpha value is -2.62. The minimum Gasteiger partial charge on any atom is -0.322 e. The molecule has 4 rings (SSSR count). The Kier molecular flexibility index (Phi) is 3.83. The van der Waals surface area contributed by atoms with Crippen LogP contribution in [-0.2, 0) is 0 Å². The Balaban J connectivity index is 1.69. The smallest absolute Gasteiger partial charge is 0.322 e. The van der Waals surface area contributed by atoms with Gasteiger partial charge in [-0.2, -0.15) is 0 Å². The lowest BCUT2D eigenvalue weighted by atomic mass is 9.87. The molecule has 0 N–H and O–H groups in total. The number of amidine groups is 1. The molecule has 0 bridgehead atoms. The topological polar surface area (TPSA) is 35.9 Å². The highest BCUT2D eigenvalue weighted by Crippen LogP contribution is 2.43. The average Bonchev–Trinajstić information content (AvgIpc) is 2.86. The van der Waals surface area contributed by atoms with E-state index in [0.29, 0.717) is 0 Å². The predicted octanol–water partition coefficient (Wildman–Crippen LogP) is 4.27. The molecule has 2 heterocycles. The predicted molar refractivity (Wildman–Crippen MR) is 99.4 cm³/mol. The Morgan fingerprint density at radius 3 is 2.00 bits per heavy atom. The maximum absolute atomic E-state index is 12.9. The summed E-state index contributed by atoms with van der Waals surface area (Å²) < 4.78 is 0. The summed E-state index contributed by atoms with van der Waals surface area (Å²) in [5.74, 6) is 1.14. The summed E-state index contributed by atoms with van der Waals surface area (Å²) in [6.45, 7) is 4.27. The Morgan fingerprint density at radius 2 is 1.44 bits per heavy atom. The van der Waals surface area contributed by atoms with Gasteiger partial charge in [0.1, 0.15) is 5.84 Å². The van der Waals surface area contributed by atoms with E-state index in [-0.39, 0.29) is 30.1 Å². The highest BCUT2D eigenvalue weighted by atomic mass is 16.2. The molecular formula is C21H23N3O. The molecule has 0 saturated carbocycles. The number of aliphatic imine (C=N–C) groups is 1. The number of urea groups is 1. The number of hydrogen-bond acceptors (Lipinski definition) is 2. The van der Waals surface area contributed by atoms with E-state index in [1.165, 1.54) is 5.56 Å². The Bertz CT molecular complexity index is 802.